The van der Waals surface area contributed by atoms with Crippen LogP contribution in [0.3, 0.4) is 0 Å². The number of nitrogens with one attached hydrogen (secondary N) is 3. The van der Waals surface area contributed by atoms with Crippen LogP contribution < -0.4 is 16.0 Å². The van der Waals surface area contributed by atoms with E-state index in [2.05, 4.69) is 20.9 Å². The van der Waals surface area contributed by atoms with Gasteiger partial charge in [0.2, 0.25) is 6.41 Å². The Kier molecular flexibility index (Phi) is 9.24. The molecule has 0 aliphatic heterocycles. The molecule has 1 amide bonds. The first-order valence-electron chi connectivity index (χ1n) is 9.35. The van der Waals surface area contributed by atoms with Crippen molar-refractivity contribution in [2.24, 2.45) is 4.99 Å². The summed E-state index contributed by atoms with van der Waals surface area (Å²) >= 11 is 0. The number of aliphatic hydroxyl groups excluding tert-OH is 1. The van der Waals surface area contributed by atoms with Gasteiger partial charge >= 0.3 is 0 Å². The molecule has 0 unspecified atom stereocenters. The number of methoxy groups -OCH3 is 1. The van der Waals surface area contributed by atoms with E-state index in [0.717, 1.165) is 16.8 Å². The number of ether oxygens (including phenoxy) is 1. The topological polar surface area (TPSA) is 95.0 Å². The number of carbonyl (C=O) groups excluding carboxylic acids is 1. The number of hydrogen-bond acceptors (Lipinski definition) is 6. The Morgan fingerprint density at radius 3 is 2.72 bits per heavy atom. The van der Waals surface area contributed by atoms with E-state index in [4.69, 9.17) is 4.74 Å². The monoisotopic (exact) mass is 396 g/mol. The number of allylic oxidation sites excluding steroid dienone is 3. The van der Waals surface area contributed by atoms with Gasteiger partial charge in [-0.15, -0.1) is 0 Å². The molecule has 7 nitrogen and oxygen atoms in total. The normalized spacial score (nSPS) is 14.8. The van der Waals surface area contributed by atoms with Crippen molar-refractivity contribution in [1.29, 1.82) is 0 Å². The lowest BCUT2D eigenvalue weighted by atomic mass is 10.1. The molecule has 0 fully saturated rings. The molecule has 4 N–H and O–H groups in total. The van der Waals surface area contributed by atoms with Crippen LogP contribution in [0, 0.1) is 0 Å². The Bertz CT molecular complexity index is 824. The third-order valence-electron chi connectivity index (χ3n) is 4.34. The highest BCUT2D eigenvalue weighted by Gasteiger charge is 2.12. The number of carbonyl (C=O) groups is 1. The van der Waals surface area contributed by atoms with Crippen LogP contribution in [0.2, 0.25) is 0 Å². The van der Waals surface area contributed by atoms with Crippen molar-refractivity contribution in [1.82, 2.24) is 16.0 Å². The third kappa shape index (κ3) is 6.97. The van der Waals surface area contributed by atoms with Crippen LogP contribution in [0.15, 0.2) is 82.5 Å². The lowest BCUT2D eigenvalue weighted by molar-refractivity contribution is -0.109. The zero-order valence-corrected chi connectivity index (χ0v) is 16.8. The molecule has 0 atom stereocenters. The largest absolute Gasteiger partial charge is 0.497 e. The lowest BCUT2D eigenvalue weighted by Gasteiger charge is -2.14. The van der Waals surface area contributed by atoms with Gasteiger partial charge in [0.05, 0.1) is 26.0 Å². The number of benzene rings is 1. The van der Waals surface area contributed by atoms with E-state index in [9.17, 15) is 9.90 Å². The molecule has 0 bridgehead atoms. The fraction of sp³-hybridized carbons (Fsp3) is 0.273. The second-order valence-electron chi connectivity index (χ2n) is 6.21. The van der Waals surface area contributed by atoms with E-state index in [-0.39, 0.29) is 6.61 Å². The molecule has 1 aliphatic rings. The summed E-state index contributed by atoms with van der Waals surface area (Å²) in [5, 5.41) is 18.6. The molecule has 0 aromatic heterocycles. The van der Waals surface area contributed by atoms with Crippen LogP contribution >= 0.6 is 0 Å². The first-order valence-corrected chi connectivity index (χ1v) is 9.35. The van der Waals surface area contributed by atoms with Crippen molar-refractivity contribution >= 4 is 12.1 Å². The fourth-order valence-corrected chi connectivity index (χ4v) is 2.84. The van der Waals surface area contributed by atoms with Gasteiger partial charge in [-0.1, -0.05) is 36.4 Å². The minimum absolute atomic E-state index is 0.122. The van der Waals surface area contributed by atoms with Crippen molar-refractivity contribution in [2.45, 2.75) is 13.0 Å². The average molecular weight is 396 g/mol. The van der Waals surface area contributed by atoms with Crippen molar-refractivity contribution in [3.8, 4) is 0 Å². The van der Waals surface area contributed by atoms with Gasteiger partial charge in [0.25, 0.3) is 0 Å². The summed E-state index contributed by atoms with van der Waals surface area (Å²) in [4.78, 5) is 15.3. The number of amides is 1. The Balaban J connectivity index is 2.02. The molecule has 7 heteroatoms. The summed E-state index contributed by atoms with van der Waals surface area (Å²) in [6.45, 7) is 0.919. The standard InChI is InChI=1S/C22H28N4O3/c1-23-20(18-9-6-10-21(29-2)19(11-18)15-27)13-25-22(26-16-28)14-24-12-17-7-4-3-5-8-17/h3-5,7-11,14,16,24-25,27H,6,12-13,15H2,1-2H3,(H,26,28)/b22-14-,23-20?. The van der Waals surface area contributed by atoms with Gasteiger partial charge in [0.1, 0.15) is 11.6 Å². The van der Waals surface area contributed by atoms with Gasteiger partial charge < -0.3 is 25.8 Å². The van der Waals surface area contributed by atoms with Gasteiger partial charge in [-0.05, 0) is 29.7 Å². The Labute approximate surface area is 171 Å². The maximum atomic E-state index is 10.9. The van der Waals surface area contributed by atoms with Crippen LogP contribution in [0.25, 0.3) is 0 Å². The number of hydrogen-bond donors (Lipinski definition) is 4. The maximum absolute atomic E-state index is 10.9. The number of aliphatic hydroxyl groups is 1. The summed E-state index contributed by atoms with van der Waals surface area (Å²) < 4.78 is 5.33. The van der Waals surface area contributed by atoms with Gasteiger partial charge in [-0.2, -0.15) is 0 Å². The second-order valence-corrected chi connectivity index (χ2v) is 6.21. The van der Waals surface area contributed by atoms with E-state index in [1.165, 1.54) is 0 Å². The van der Waals surface area contributed by atoms with Crippen molar-refractivity contribution in [3.63, 3.8) is 0 Å². The van der Waals surface area contributed by atoms with E-state index < -0.39 is 0 Å². The Morgan fingerprint density at radius 2 is 2.07 bits per heavy atom. The van der Waals surface area contributed by atoms with Crippen LogP contribution in [0.1, 0.15) is 12.0 Å². The molecule has 1 aromatic rings. The quantitative estimate of drug-likeness (QED) is 0.338. The molecular weight excluding hydrogens is 368 g/mol. The number of nitrogens with zero attached hydrogens (tertiary/aromatic N) is 1. The fourth-order valence-electron chi connectivity index (χ4n) is 2.84. The smallest absolute Gasteiger partial charge is 0.212 e. The molecule has 0 saturated heterocycles. The van der Waals surface area contributed by atoms with Gasteiger partial charge in [0.15, 0.2) is 0 Å². The minimum Gasteiger partial charge on any atom is -0.497 e. The third-order valence-corrected chi connectivity index (χ3v) is 4.34. The molecule has 0 saturated carbocycles. The summed E-state index contributed by atoms with van der Waals surface area (Å²) in [5.74, 6) is 1.20. The lowest BCUT2D eigenvalue weighted by Crippen LogP contribution is -2.32. The second kappa shape index (κ2) is 12.2. The highest BCUT2D eigenvalue weighted by Crippen LogP contribution is 2.19. The minimum atomic E-state index is -0.122. The summed E-state index contributed by atoms with van der Waals surface area (Å²) in [6, 6.07) is 9.97. The summed E-state index contributed by atoms with van der Waals surface area (Å²) in [7, 11) is 3.30. The molecule has 0 radical (unpaired) electrons. The molecular formula is C22H28N4O3. The molecule has 0 heterocycles. The Morgan fingerprint density at radius 1 is 1.28 bits per heavy atom. The van der Waals surface area contributed by atoms with Crippen molar-refractivity contribution < 1.29 is 14.6 Å². The zero-order valence-electron chi connectivity index (χ0n) is 16.8. The summed E-state index contributed by atoms with van der Waals surface area (Å²) in [5.41, 5.74) is 3.53. The molecule has 29 heavy (non-hydrogen) atoms. The first kappa shape index (κ1) is 22.0. The predicted octanol–water partition coefficient (Wildman–Crippen LogP) is 1.76. The maximum Gasteiger partial charge on any atom is 0.212 e. The highest BCUT2D eigenvalue weighted by molar-refractivity contribution is 6.04. The van der Waals surface area contributed by atoms with Crippen LogP contribution in [0.5, 0.6) is 0 Å². The van der Waals surface area contributed by atoms with Gasteiger partial charge in [0, 0.05) is 25.4 Å². The molecule has 0 spiro atoms. The highest BCUT2D eigenvalue weighted by atomic mass is 16.5. The molecule has 2 rings (SSSR count). The van der Waals surface area contributed by atoms with Crippen LogP contribution in [0.4, 0.5) is 0 Å². The zero-order chi connectivity index (χ0) is 20.9. The van der Waals surface area contributed by atoms with Gasteiger partial charge in [-0.3, -0.25) is 9.79 Å². The van der Waals surface area contributed by atoms with E-state index in [1.807, 2.05) is 48.6 Å². The average Bonchev–Trinajstić information content (AvgIpc) is 2.97. The number of rotatable bonds is 11. The van der Waals surface area contributed by atoms with Crippen molar-refractivity contribution in [3.05, 3.63) is 83.0 Å². The molecule has 1 aliphatic carbocycles. The predicted molar refractivity (Wildman–Crippen MR) is 115 cm³/mol. The summed E-state index contributed by atoms with van der Waals surface area (Å²) in [6.07, 6.45) is 8.82. The van der Waals surface area contributed by atoms with Crippen molar-refractivity contribution in [2.75, 3.05) is 27.3 Å². The van der Waals surface area contributed by atoms with E-state index >= 15 is 0 Å². The molecule has 154 valence electrons. The first-order chi connectivity index (χ1) is 14.2. The van der Waals surface area contributed by atoms with Crippen LogP contribution in [-0.4, -0.2) is 44.5 Å². The van der Waals surface area contributed by atoms with Crippen LogP contribution in [-0.2, 0) is 16.1 Å². The van der Waals surface area contributed by atoms with E-state index in [1.54, 1.807) is 20.4 Å². The SMILES string of the molecule is CN=C(CN/C(=C/NCc1ccccc1)NC=O)C1=CCC=C(OC)C(CO)=C1. The van der Waals surface area contributed by atoms with E-state index in [0.29, 0.717) is 43.1 Å². The Hall–Kier alpha value is -3.32. The number of aliphatic imine (C=N–C) groups is 1. The molecule has 1 aromatic carbocycles. The van der Waals surface area contributed by atoms with Gasteiger partial charge in [-0.25, -0.2) is 0 Å².